The van der Waals surface area contributed by atoms with Gasteiger partial charge in [0.1, 0.15) is 11.6 Å². The van der Waals surface area contributed by atoms with Gasteiger partial charge in [-0.15, -0.1) is 11.3 Å². The van der Waals surface area contributed by atoms with Crippen molar-refractivity contribution in [2.45, 2.75) is 39.5 Å². The van der Waals surface area contributed by atoms with Crippen LogP contribution in [0.4, 0.5) is 0 Å². The van der Waals surface area contributed by atoms with Gasteiger partial charge in [0.15, 0.2) is 11.5 Å². The lowest BCUT2D eigenvalue weighted by atomic mass is 10.2. The van der Waals surface area contributed by atoms with E-state index in [1.807, 2.05) is 18.2 Å². The van der Waals surface area contributed by atoms with E-state index in [2.05, 4.69) is 29.5 Å². The predicted octanol–water partition coefficient (Wildman–Crippen LogP) is 3.63. The first-order chi connectivity index (χ1) is 11.2. The fourth-order valence-electron chi connectivity index (χ4n) is 2.01. The first-order valence-corrected chi connectivity index (χ1v) is 8.56. The number of nitrogens with zero attached hydrogens (tertiary/aromatic N) is 1. The zero-order valence-corrected chi connectivity index (χ0v) is 14.9. The molecule has 1 unspecified atom stereocenters. The molecule has 0 spiro atoms. The van der Waals surface area contributed by atoms with E-state index in [9.17, 15) is 0 Å². The van der Waals surface area contributed by atoms with Crippen LogP contribution in [0.1, 0.15) is 31.0 Å². The first-order valence-electron chi connectivity index (χ1n) is 7.68. The average molecular weight is 336 g/mol. The second kappa shape index (κ2) is 8.74. The van der Waals surface area contributed by atoms with Gasteiger partial charge in [-0.3, -0.25) is 0 Å². The molecule has 126 valence electrons. The molecule has 1 aromatic carbocycles. The molecule has 0 saturated carbocycles. The lowest BCUT2D eigenvalue weighted by Gasteiger charge is -2.13. The Labute approximate surface area is 141 Å². The van der Waals surface area contributed by atoms with Gasteiger partial charge in [0, 0.05) is 18.0 Å². The Morgan fingerprint density at radius 1 is 1.22 bits per heavy atom. The van der Waals surface area contributed by atoms with Crippen LogP contribution in [0, 0.1) is 0 Å². The highest BCUT2D eigenvalue weighted by atomic mass is 32.1. The molecule has 5 nitrogen and oxygen atoms in total. The Kier molecular flexibility index (Phi) is 6.67. The molecule has 0 aliphatic carbocycles. The zero-order chi connectivity index (χ0) is 16.7. The summed E-state index contributed by atoms with van der Waals surface area (Å²) in [6, 6.07) is 6.06. The minimum absolute atomic E-state index is 0.394. The van der Waals surface area contributed by atoms with Crippen molar-refractivity contribution in [1.82, 2.24) is 10.3 Å². The molecule has 0 amide bonds. The topological polar surface area (TPSA) is 52.6 Å². The van der Waals surface area contributed by atoms with Gasteiger partial charge < -0.3 is 19.5 Å². The van der Waals surface area contributed by atoms with Crippen molar-refractivity contribution in [1.29, 1.82) is 0 Å². The van der Waals surface area contributed by atoms with E-state index < -0.39 is 0 Å². The molecular weight excluding hydrogens is 312 g/mol. The van der Waals surface area contributed by atoms with Gasteiger partial charge in [0.2, 0.25) is 5.75 Å². The number of hydrogen-bond donors (Lipinski definition) is 1. The Morgan fingerprint density at radius 2 is 1.91 bits per heavy atom. The maximum Gasteiger partial charge on any atom is 0.203 e. The van der Waals surface area contributed by atoms with Crippen molar-refractivity contribution in [3.05, 3.63) is 34.3 Å². The predicted molar refractivity (Wildman–Crippen MR) is 92.6 cm³/mol. The third kappa shape index (κ3) is 4.84. The standard InChI is InChI=1S/C17H24N2O3S/c1-5-12(2)18-9-13-11-23-16(19-13)10-22-17-14(20-3)7-6-8-15(17)21-4/h6-8,11-12,18H,5,9-10H2,1-4H3. The number of hydrogen-bond acceptors (Lipinski definition) is 6. The normalized spacial score (nSPS) is 12.0. The molecule has 0 aliphatic rings. The molecule has 2 rings (SSSR count). The first kappa shape index (κ1) is 17.6. The largest absolute Gasteiger partial charge is 0.493 e. The summed E-state index contributed by atoms with van der Waals surface area (Å²) >= 11 is 1.60. The molecule has 1 atom stereocenters. The molecule has 23 heavy (non-hydrogen) atoms. The number of nitrogens with one attached hydrogen (secondary N) is 1. The van der Waals surface area contributed by atoms with Crippen molar-refractivity contribution in [2.24, 2.45) is 0 Å². The number of thiazole rings is 1. The molecule has 1 N–H and O–H groups in total. The van der Waals surface area contributed by atoms with Crippen LogP contribution in [0.2, 0.25) is 0 Å². The number of para-hydroxylation sites is 1. The SMILES string of the molecule is CCC(C)NCc1csc(COc2c(OC)cccc2OC)n1. The molecule has 0 bridgehead atoms. The number of methoxy groups -OCH3 is 2. The van der Waals surface area contributed by atoms with Crippen molar-refractivity contribution >= 4 is 11.3 Å². The molecule has 0 radical (unpaired) electrons. The summed E-state index contributed by atoms with van der Waals surface area (Å²) < 4.78 is 16.5. The maximum atomic E-state index is 5.87. The summed E-state index contributed by atoms with van der Waals surface area (Å²) in [5, 5.41) is 6.43. The van der Waals surface area contributed by atoms with Gasteiger partial charge >= 0.3 is 0 Å². The molecule has 2 aromatic rings. The second-order valence-electron chi connectivity index (χ2n) is 5.20. The Bertz CT molecular complexity index is 593. The van der Waals surface area contributed by atoms with Gasteiger partial charge in [-0.1, -0.05) is 13.0 Å². The summed E-state index contributed by atoms with van der Waals surface area (Å²) in [6.45, 7) is 5.51. The fourth-order valence-corrected chi connectivity index (χ4v) is 2.72. The van der Waals surface area contributed by atoms with Crippen LogP contribution in [0.25, 0.3) is 0 Å². The lowest BCUT2D eigenvalue weighted by molar-refractivity contribution is 0.265. The third-order valence-electron chi connectivity index (χ3n) is 3.57. The van der Waals surface area contributed by atoms with Crippen LogP contribution in [0.15, 0.2) is 23.6 Å². The van der Waals surface area contributed by atoms with Crippen LogP contribution in [0.5, 0.6) is 17.2 Å². The van der Waals surface area contributed by atoms with Gasteiger partial charge in [-0.25, -0.2) is 4.98 Å². The monoisotopic (exact) mass is 336 g/mol. The van der Waals surface area contributed by atoms with Crippen molar-refractivity contribution in [2.75, 3.05) is 14.2 Å². The lowest BCUT2D eigenvalue weighted by Crippen LogP contribution is -2.24. The summed E-state index contributed by atoms with van der Waals surface area (Å²) in [6.07, 6.45) is 1.10. The van der Waals surface area contributed by atoms with Gasteiger partial charge in [-0.2, -0.15) is 0 Å². The maximum absolute atomic E-state index is 5.87. The third-order valence-corrected chi connectivity index (χ3v) is 4.44. The zero-order valence-electron chi connectivity index (χ0n) is 14.1. The van der Waals surface area contributed by atoms with Crippen LogP contribution in [-0.2, 0) is 13.2 Å². The van der Waals surface area contributed by atoms with Crippen LogP contribution in [-0.4, -0.2) is 25.2 Å². The molecule has 0 aliphatic heterocycles. The Hall–Kier alpha value is -1.79. The Morgan fingerprint density at radius 3 is 2.52 bits per heavy atom. The van der Waals surface area contributed by atoms with Crippen molar-refractivity contribution in [3.63, 3.8) is 0 Å². The fraction of sp³-hybridized carbons (Fsp3) is 0.471. The van der Waals surface area contributed by atoms with Crippen molar-refractivity contribution < 1.29 is 14.2 Å². The average Bonchev–Trinajstić information content (AvgIpc) is 3.05. The van der Waals surface area contributed by atoms with Crippen LogP contribution < -0.4 is 19.5 Å². The van der Waals surface area contributed by atoms with E-state index >= 15 is 0 Å². The molecule has 1 heterocycles. The van der Waals surface area contributed by atoms with E-state index in [4.69, 9.17) is 14.2 Å². The highest BCUT2D eigenvalue weighted by Crippen LogP contribution is 2.37. The minimum Gasteiger partial charge on any atom is -0.493 e. The minimum atomic E-state index is 0.394. The summed E-state index contributed by atoms with van der Waals surface area (Å²) in [5.41, 5.74) is 1.04. The summed E-state index contributed by atoms with van der Waals surface area (Å²) in [7, 11) is 3.23. The quantitative estimate of drug-likeness (QED) is 0.758. The second-order valence-corrected chi connectivity index (χ2v) is 6.15. The van der Waals surface area contributed by atoms with Gasteiger partial charge in [0.25, 0.3) is 0 Å². The smallest absolute Gasteiger partial charge is 0.203 e. The van der Waals surface area contributed by atoms with Crippen LogP contribution >= 0.6 is 11.3 Å². The summed E-state index contributed by atoms with van der Waals surface area (Å²) in [4.78, 5) is 4.59. The highest BCUT2D eigenvalue weighted by molar-refractivity contribution is 7.09. The number of benzene rings is 1. The van der Waals surface area contributed by atoms with E-state index in [0.717, 1.165) is 23.7 Å². The Balaban J connectivity index is 1.98. The van der Waals surface area contributed by atoms with E-state index in [-0.39, 0.29) is 0 Å². The molecule has 0 saturated heterocycles. The molecule has 0 fully saturated rings. The summed E-state index contributed by atoms with van der Waals surface area (Å²) in [5.74, 6) is 1.91. The number of aromatic nitrogens is 1. The van der Waals surface area contributed by atoms with E-state index in [1.165, 1.54) is 0 Å². The number of ether oxygens (including phenoxy) is 3. The van der Waals surface area contributed by atoms with Crippen LogP contribution in [0.3, 0.4) is 0 Å². The van der Waals surface area contributed by atoms with Gasteiger partial charge in [0.05, 0.1) is 19.9 Å². The molecule has 6 heteroatoms. The molecular formula is C17H24N2O3S. The molecule has 1 aromatic heterocycles. The van der Waals surface area contributed by atoms with Gasteiger partial charge in [-0.05, 0) is 25.5 Å². The van der Waals surface area contributed by atoms with E-state index in [0.29, 0.717) is 29.9 Å². The number of rotatable bonds is 9. The van der Waals surface area contributed by atoms with Crippen molar-refractivity contribution in [3.8, 4) is 17.2 Å². The highest BCUT2D eigenvalue weighted by Gasteiger charge is 2.12. The van der Waals surface area contributed by atoms with E-state index in [1.54, 1.807) is 25.6 Å².